The van der Waals surface area contributed by atoms with Gasteiger partial charge in [-0.25, -0.2) is 9.97 Å². The smallest absolute Gasteiger partial charge is 0.155 e. The van der Waals surface area contributed by atoms with Crippen molar-refractivity contribution in [3.05, 3.63) is 45.1 Å². The van der Waals surface area contributed by atoms with Crippen LogP contribution in [0.1, 0.15) is 221 Å². The van der Waals surface area contributed by atoms with E-state index < -0.39 is 8.07 Å². The molecule has 0 spiro atoms. The van der Waals surface area contributed by atoms with Gasteiger partial charge in [-0.3, -0.25) is 0 Å². The first-order chi connectivity index (χ1) is 33.0. The van der Waals surface area contributed by atoms with Gasteiger partial charge in [0.15, 0.2) is 9.66 Å². The molecule has 7 rings (SSSR count). The molecular formula is C60H90N2S6Si. The van der Waals surface area contributed by atoms with Crippen LogP contribution in [0.2, 0.25) is 12.1 Å². The molecule has 0 bridgehead atoms. The third-order valence-corrected chi connectivity index (χ3v) is 29.8. The first-order valence-electron chi connectivity index (χ1n) is 27.9. The fourth-order valence-corrected chi connectivity index (χ4v) is 26.5. The predicted octanol–water partition coefficient (Wildman–Crippen LogP) is 21.1. The van der Waals surface area contributed by atoms with Gasteiger partial charge >= 0.3 is 0 Å². The van der Waals surface area contributed by atoms with Gasteiger partial charge in [-0.05, 0) is 105 Å². The van der Waals surface area contributed by atoms with Crippen LogP contribution in [0.5, 0.6) is 0 Å². The van der Waals surface area contributed by atoms with E-state index in [1.807, 2.05) is 55.7 Å². The quantitative estimate of drug-likeness (QED) is 0.0481. The van der Waals surface area contributed by atoms with Gasteiger partial charge in [0.25, 0.3) is 0 Å². The van der Waals surface area contributed by atoms with Gasteiger partial charge in [0.2, 0.25) is 0 Å². The number of rotatable bonds is 27. The van der Waals surface area contributed by atoms with Crippen molar-refractivity contribution in [3.63, 3.8) is 0 Å². The molecule has 6 aromatic rings. The summed E-state index contributed by atoms with van der Waals surface area (Å²) in [6, 6.07) is 13.6. The molecule has 380 valence electrons. The van der Waals surface area contributed by atoms with E-state index in [2.05, 4.69) is 144 Å². The standard InChI is InChI=1S/C60H90N2S6Si/c1-15-23-27-39(19-5)31-43-33-45(63-51(43)55-61-57-58(67-55)62-56(68-57)52-44(32-40(20-6)28-24-16-2)34-49(65-52)59(9,10)11)46-35-47-53(64-46)54-48(36-50(66-54)60(12,13)14)69(47,37-41(21-7)29-25-17-3)38-42(22-8)30-26-18-4/h33-36,39-42H,15-32,37-38H2,1-14H3. The summed E-state index contributed by atoms with van der Waals surface area (Å²) in [6.07, 6.45) is 23.2. The van der Waals surface area contributed by atoms with E-state index in [-0.39, 0.29) is 10.8 Å². The van der Waals surface area contributed by atoms with Crippen LogP contribution in [0.15, 0.2) is 24.3 Å². The van der Waals surface area contributed by atoms with Crippen LogP contribution in [-0.2, 0) is 23.7 Å². The van der Waals surface area contributed by atoms with Gasteiger partial charge in [0.1, 0.15) is 18.1 Å². The highest BCUT2D eigenvalue weighted by Gasteiger charge is 2.50. The van der Waals surface area contributed by atoms with Gasteiger partial charge < -0.3 is 0 Å². The molecule has 0 amide bonds. The van der Waals surface area contributed by atoms with Crippen LogP contribution in [0.3, 0.4) is 0 Å². The number of unbranched alkanes of at least 4 members (excludes halogenated alkanes) is 4. The fraction of sp³-hybridized carbons (Fsp3) is 0.667. The Kier molecular flexibility index (Phi) is 19.4. The van der Waals surface area contributed by atoms with E-state index in [0.29, 0.717) is 5.92 Å². The molecule has 2 nitrogen and oxygen atoms in total. The average molecular weight is 1060 g/mol. The molecular weight excluding hydrogens is 969 g/mol. The third-order valence-electron chi connectivity index (χ3n) is 15.9. The van der Waals surface area contributed by atoms with Crippen molar-refractivity contribution in [2.24, 2.45) is 23.7 Å². The normalized spacial score (nSPS) is 17.0. The Bertz CT molecular complexity index is 2490. The first-order valence-corrected chi connectivity index (χ1v) is 35.2. The van der Waals surface area contributed by atoms with Crippen LogP contribution in [0.25, 0.3) is 48.9 Å². The lowest BCUT2D eigenvalue weighted by Gasteiger charge is -2.36. The molecule has 0 fully saturated rings. The minimum absolute atomic E-state index is 0.122. The average Bonchev–Trinajstić information content (AvgIpc) is 4.18. The number of hydrogen-bond donors (Lipinski definition) is 0. The summed E-state index contributed by atoms with van der Waals surface area (Å²) in [7, 11) is -2.10. The van der Waals surface area contributed by atoms with Crippen LogP contribution in [0, 0.1) is 23.7 Å². The van der Waals surface area contributed by atoms with E-state index in [0.717, 1.165) is 40.3 Å². The zero-order chi connectivity index (χ0) is 49.7. The van der Waals surface area contributed by atoms with Gasteiger partial charge in [0.05, 0.1) is 9.75 Å². The highest BCUT2D eigenvalue weighted by molar-refractivity contribution is 7.34. The Morgan fingerprint density at radius 1 is 0.435 bits per heavy atom. The summed E-state index contributed by atoms with van der Waals surface area (Å²) in [5.41, 5.74) is 3.31. The Morgan fingerprint density at radius 3 is 1.28 bits per heavy atom. The summed E-state index contributed by atoms with van der Waals surface area (Å²) >= 11 is 12.0. The topological polar surface area (TPSA) is 25.8 Å². The van der Waals surface area contributed by atoms with Crippen LogP contribution >= 0.6 is 68.0 Å². The van der Waals surface area contributed by atoms with Gasteiger partial charge in [-0.1, -0.05) is 222 Å². The second kappa shape index (κ2) is 24.3. The van der Waals surface area contributed by atoms with Crippen LogP contribution in [0.4, 0.5) is 0 Å². The lowest BCUT2D eigenvalue weighted by atomic mass is 9.90. The zero-order valence-electron chi connectivity index (χ0n) is 45.6. The lowest BCUT2D eigenvalue weighted by Crippen LogP contribution is -2.56. The number of thiophene rings is 4. The van der Waals surface area contributed by atoms with Gasteiger partial charge in [-0.2, -0.15) is 0 Å². The van der Waals surface area contributed by atoms with Crippen molar-refractivity contribution >= 4 is 96.1 Å². The molecule has 4 unspecified atom stereocenters. The molecule has 0 saturated carbocycles. The van der Waals surface area contributed by atoms with Crippen molar-refractivity contribution in [1.82, 2.24) is 9.97 Å². The molecule has 4 atom stereocenters. The highest BCUT2D eigenvalue weighted by Crippen LogP contribution is 2.52. The molecule has 9 heteroatoms. The first kappa shape index (κ1) is 55.3. The maximum absolute atomic E-state index is 5.56. The maximum atomic E-state index is 5.56. The second-order valence-corrected chi connectivity index (χ2v) is 33.6. The fourth-order valence-electron chi connectivity index (χ4n) is 11.2. The maximum Gasteiger partial charge on any atom is 0.155 e. The lowest BCUT2D eigenvalue weighted by molar-refractivity contribution is 0.449. The Morgan fingerprint density at radius 2 is 0.812 bits per heavy atom. The molecule has 7 heterocycles. The molecule has 1 aliphatic heterocycles. The van der Waals surface area contributed by atoms with Crippen LogP contribution < -0.4 is 10.4 Å². The highest BCUT2D eigenvalue weighted by atomic mass is 32.1. The van der Waals surface area contributed by atoms with Crippen molar-refractivity contribution < 1.29 is 0 Å². The molecule has 6 aromatic heterocycles. The van der Waals surface area contributed by atoms with Crippen molar-refractivity contribution in [2.45, 2.75) is 235 Å². The zero-order valence-corrected chi connectivity index (χ0v) is 51.5. The van der Waals surface area contributed by atoms with Crippen molar-refractivity contribution in [3.8, 4) is 39.3 Å². The van der Waals surface area contributed by atoms with Crippen molar-refractivity contribution in [2.75, 3.05) is 0 Å². The van der Waals surface area contributed by atoms with Crippen molar-refractivity contribution in [1.29, 1.82) is 0 Å². The minimum atomic E-state index is -2.10. The minimum Gasteiger partial charge on any atom is -0.222 e. The molecule has 0 N–H and O–H groups in total. The predicted molar refractivity (Wildman–Crippen MR) is 321 cm³/mol. The number of hydrogen-bond acceptors (Lipinski definition) is 8. The van der Waals surface area contributed by atoms with Gasteiger partial charge in [0, 0.05) is 29.3 Å². The summed E-state index contributed by atoms with van der Waals surface area (Å²) in [5.74, 6) is 3.01. The molecule has 0 aromatic carbocycles. The second-order valence-electron chi connectivity index (χ2n) is 23.3. The Balaban J connectivity index is 1.33. The molecule has 1 aliphatic rings. The monoisotopic (exact) mass is 1060 g/mol. The number of fused-ring (bicyclic) bond motifs is 4. The van der Waals surface area contributed by atoms with Crippen LogP contribution in [-0.4, -0.2) is 18.0 Å². The Labute approximate surface area is 446 Å². The van der Waals surface area contributed by atoms with E-state index in [1.54, 1.807) is 14.6 Å². The van der Waals surface area contributed by atoms with E-state index >= 15 is 0 Å². The largest absolute Gasteiger partial charge is 0.222 e. The van der Waals surface area contributed by atoms with E-state index in [1.165, 1.54) is 160 Å². The summed E-state index contributed by atoms with van der Waals surface area (Å²) in [4.78, 5) is 25.4. The summed E-state index contributed by atoms with van der Waals surface area (Å²) in [6.45, 7) is 33.7. The number of thiazole rings is 2. The van der Waals surface area contributed by atoms with E-state index in [9.17, 15) is 0 Å². The SMILES string of the molecule is CCCCC(CC)Cc1cc(-c2cc3c(s2)-c2sc(C(C)(C)C)cc2[Si]3(CC(CC)CCCC)CC(CC)CCCC)sc1-c1nc2sc(-c3sc(C(C)(C)C)cc3CC(CC)CCCC)nc2s1. The number of aromatic nitrogens is 2. The molecule has 69 heavy (non-hydrogen) atoms. The van der Waals surface area contributed by atoms with E-state index in [4.69, 9.17) is 9.97 Å². The summed E-state index contributed by atoms with van der Waals surface area (Å²) in [5, 5.41) is 6.00. The molecule has 0 saturated heterocycles. The molecule has 0 radical (unpaired) electrons. The number of nitrogens with zero attached hydrogens (tertiary/aromatic N) is 2. The summed E-state index contributed by atoms with van der Waals surface area (Å²) < 4.78 is 0. The van der Waals surface area contributed by atoms with Gasteiger partial charge in [-0.15, -0.1) is 45.3 Å². The molecule has 0 aliphatic carbocycles. The third kappa shape index (κ3) is 12.6. The Hall–Kier alpha value is -1.46.